The molecule has 0 unspecified atom stereocenters. The Kier molecular flexibility index (Phi) is 5.60. The Labute approximate surface area is 173 Å². The first-order valence-corrected chi connectivity index (χ1v) is 10.8. The molecule has 1 aliphatic rings. The average Bonchev–Trinajstić information content (AvgIpc) is 3.25. The number of pyridine rings is 1. The second-order valence-corrected chi connectivity index (χ2v) is 8.76. The second-order valence-electron chi connectivity index (χ2n) is 6.85. The van der Waals surface area contributed by atoms with Crippen LogP contribution in [-0.4, -0.2) is 59.8 Å². The van der Waals surface area contributed by atoms with E-state index < -0.39 is 15.8 Å². The lowest BCUT2D eigenvalue weighted by atomic mass is 10.1. The number of aromatic nitrogens is 2. The molecular formula is C20H19FN4O4S. The molecule has 1 fully saturated rings. The van der Waals surface area contributed by atoms with Gasteiger partial charge in [0, 0.05) is 44.1 Å². The monoisotopic (exact) mass is 430 g/mol. The van der Waals surface area contributed by atoms with E-state index in [0.717, 1.165) is 0 Å². The van der Waals surface area contributed by atoms with Crippen LogP contribution in [-0.2, 0) is 21.2 Å². The summed E-state index contributed by atoms with van der Waals surface area (Å²) in [4.78, 5) is 18.0. The summed E-state index contributed by atoms with van der Waals surface area (Å²) in [5.74, 6) is -0.430. The van der Waals surface area contributed by atoms with Gasteiger partial charge in [0.2, 0.25) is 15.9 Å². The van der Waals surface area contributed by atoms with Crippen molar-refractivity contribution in [2.24, 2.45) is 0 Å². The highest BCUT2D eigenvalue weighted by Crippen LogP contribution is 2.29. The highest BCUT2D eigenvalue weighted by molar-refractivity contribution is 7.89. The summed E-state index contributed by atoms with van der Waals surface area (Å²) < 4.78 is 46.0. The summed E-state index contributed by atoms with van der Waals surface area (Å²) in [6.45, 7) is 0.797. The minimum atomic E-state index is -3.85. The molecule has 3 heterocycles. The Morgan fingerprint density at radius 3 is 2.60 bits per heavy atom. The van der Waals surface area contributed by atoms with Crippen LogP contribution in [0.15, 0.2) is 64.4 Å². The third-order valence-corrected chi connectivity index (χ3v) is 6.81. The quantitative estimate of drug-likeness (QED) is 0.614. The smallest absolute Gasteiger partial charge is 0.248 e. The number of hydrogen-bond acceptors (Lipinski definition) is 6. The van der Waals surface area contributed by atoms with Crippen LogP contribution in [0.1, 0.15) is 5.56 Å². The Balaban J connectivity index is 1.44. The third-order valence-electron chi connectivity index (χ3n) is 4.92. The molecule has 156 valence electrons. The molecule has 0 bridgehead atoms. The molecule has 1 aliphatic heterocycles. The Bertz CT molecular complexity index is 1140. The average molecular weight is 430 g/mol. The lowest BCUT2D eigenvalue weighted by Crippen LogP contribution is -2.50. The number of carbonyl (C=O) groups is 1. The van der Waals surface area contributed by atoms with Crippen LogP contribution in [0, 0.1) is 5.82 Å². The predicted octanol–water partition coefficient (Wildman–Crippen LogP) is 1.95. The van der Waals surface area contributed by atoms with Gasteiger partial charge in [-0.15, -0.1) is 0 Å². The highest BCUT2D eigenvalue weighted by atomic mass is 32.2. The molecule has 2 aromatic heterocycles. The van der Waals surface area contributed by atoms with Crippen LogP contribution < -0.4 is 0 Å². The van der Waals surface area contributed by atoms with Gasteiger partial charge in [-0.05, 0) is 29.8 Å². The van der Waals surface area contributed by atoms with Crippen LogP contribution in [0.4, 0.5) is 4.39 Å². The zero-order chi connectivity index (χ0) is 21.1. The summed E-state index contributed by atoms with van der Waals surface area (Å²) in [5.41, 5.74) is 1.10. The van der Waals surface area contributed by atoms with Gasteiger partial charge in [0.05, 0.1) is 12.6 Å². The number of benzene rings is 1. The van der Waals surface area contributed by atoms with Gasteiger partial charge < -0.3 is 9.42 Å². The third kappa shape index (κ3) is 4.10. The van der Waals surface area contributed by atoms with E-state index in [4.69, 9.17) is 4.52 Å². The van der Waals surface area contributed by atoms with Crippen molar-refractivity contribution in [2.45, 2.75) is 11.3 Å². The number of hydrogen-bond donors (Lipinski definition) is 0. The van der Waals surface area contributed by atoms with Crippen molar-refractivity contribution in [3.05, 3.63) is 66.4 Å². The molecule has 8 nitrogen and oxygen atoms in total. The van der Waals surface area contributed by atoms with E-state index in [2.05, 4.69) is 10.1 Å². The van der Waals surface area contributed by atoms with Crippen molar-refractivity contribution in [1.82, 2.24) is 19.3 Å². The van der Waals surface area contributed by atoms with Crippen LogP contribution in [0.5, 0.6) is 0 Å². The Morgan fingerprint density at radius 2 is 1.90 bits per heavy atom. The van der Waals surface area contributed by atoms with Gasteiger partial charge in [0.25, 0.3) is 0 Å². The molecule has 4 rings (SSSR count). The standard InChI is InChI=1S/C20H19FN4O4S/c21-17-5-1-3-15(11-17)12-19(26)24-7-9-25(10-8-24)30(27,28)18-14-23-29-20(18)16-4-2-6-22-13-16/h1-6,11,13-14H,7-10,12H2. The molecule has 1 aromatic carbocycles. The van der Waals surface area contributed by atoms with Crippen molar-refractivity contribution in [2.75, 3.05) is 26.2 Å². The van der Waals surface area contributed by atoms with Crippen molar-refractivity contribution < 1.29 is 22.1 Å². The molecule has 1 saturated heterocycles. The molecule has 0 atom stereocenters. The molecule has 1 amide bonds. The van der Waals surface area contributed by atoms with E-state index in [1.54, 1.807) is 35.4 Å². The van der Waals surface area contributed by atoms with Crippen LogP contribution in [0.3, 0.4) is 0 Å². The molecule has 10 heteroatoms. The largest absolute Gasteiger partial charge is 0.355 e. The number of carbonyl (C=O) groups excluding carboxylic acids is 1. The van der Waals surface area contributed by atoms with Crippen LogP contribution >= 0.6 is 0 Å². The van der Waals surface area contributed by atoms with Gasteiger partial charge in [0.15, 0.2) is 5.76 Å². The fourth-order valence-electron chi connectivity index (χ4n) is 3.36. The van der Waals surface area contributed by atoms with Gasteiger partial charge >= 0.3 is 0 Å². The van der Waals surface area contributed by atoms with Gasteiger partial charge in [-0.1, -0.05) is 17.3 Å². The summed E-state index contributed by atoms with van der Waals surface area (Å²) in [6, 6.07) is 9.26. The number of sulfonamides is 1. The van der Waals surface area contributed by atoms with Gasteiger partial charge in [-0.3, -0.25) is 9.78 Å². The fourth-order valence-corrected chi connectivity index (χ4v) is 4.84. The summed E-state index contributed by atoms with van der Waals surface area (Å²) in [7, 11) is -3.85. The fraction of sp³-hybridized carbons (Fsp3) is 0.250. The van der Waals surface area contributed by atoms with E-state index >= 15 is 0 Å². The molecule has 3 aromatic rings. The van der Waals surface area contributed by atoms with Gasteiger partial charge in [-0.25, -0.2) is 12.8 Å². The molecule has 30 heavy (non-hydrogen) atoms. The van der Waals surface area contributed by atoms with Crippen molar-refractivity contribution >= 4 is 15.9 Å². The van der Waals surface area contributed by atoms with E-state index in [1.165, 1.54) is 28.8 Å². The summed E-state index contributed by atoms with van der Waals surface area (Å²) >= 11 is 0. The maximum Gasteiger partial charge on any atom is 0.248 e. The lowest BCUT2D eigenvalue weighted by Gasteiger charge is -2.33. The van der Waals surface area contributed by atoms with E-state index in [1.807, 2.05) is 0 Å². The first kappa shape index (κ1) is 20.2. The topological polar surface area (TPSA) is 96.6 Å². The normalized spacial score (nSPS) is 15.3. The first-order chi connectivity index (χ1) is 14.4. The summed E-state index contributed by atoms with van der Waals surface area (Å²) in [6.07, 6.45) is 4.33. The molecule has 0 N–H and O–H groups in total. The molecule has 0 spiro atoms. The van der Waals surface area contributed by atoms with Crippen molar-refractivity contribution in [3.63, 3.8) is 0 Å². The van der Waals surface area contributed by atoms with Gasteiger partial charge in [0.1, 0.15) is 10.7 Å². The number of rotatable bonds is 5. The zero-order valence-electron chi connectivity index (χ0n) is 15.9. The number of piperazine rings is 1. The van der Waals surface area contributed by atoms with E-state index in [0.29, 0.717) is 11.1 Å². The molecule has 0 aliphatic carbocycles. The molecular weight excluding hydrogens is 411 g/mol. The second kappa shape index (κ2) is 8.33. The molecule has 0 radical (unpaired) electrons. The number of halogens is 1. The van der Waals surface area contributed by atoms with Crippen LogP contribution in [0.25, 0.3) is 11.3 Å². The SMILES string of the molecule is O=C(Cc1cccc(F)c1)N1CCN(S(=O)(=O)c2cnoc2-c2cccnc2)CC1. The zero-order valence-corrected chi connectivity index (χ0v) is 16.8. The number of amides is 1. The highest BCUT2D eigenvalue weighted by Gasteiger charge is 2.33. The Morgan fingerprint density at radius 1 is 1.10 bits per heavy atom. The predicted molar refractivity (Wildman–Crippen MR) is 105 cm³/mol. The maximum absolute atomic E-state index is 13.3. The molecule has 0 saturated carbocycles. The van der Waals surface area contributed by atoms with Crippen molar-refractivity contribution in [1.29, 1.82) is 0 Å². The number of nitrogens with zero attached hydrogens (tertiary/aromatic N) is 4. The van der Waals surface area contributed by atoms with Gasteiger partial charge in [-0.2, -0.15) is 4.31 Å². The maximum atomic E-state index is 13.3. The van der Waals surface area contributed by atoms with Crippen LogP contribution in [0.2, 0.25) is 0 Å². The van der Waals surface area contributed by atoms with Crippen molar-refractivity contribution in [3.8, 4) is 11.3 Å². The van der Waals surface area contributed by atoms with E-state index in [-0.39, 0.29) is 49.2 Å². The summed E-state index contributed by atoms with van der Waals surface area (Å²) in [5, 5.41) is 3.65. The van der Waals surface area contributed by atoms with E-state index in [9.17, 15) is 17.6 Å². The lowest BCUT2D eigenvalue weighted by molar-refractivity contribution is -0.131. The Hall–Kier alpha value is -3.11. The minimum Gasteiger partial charge on any atom is -0.355 e. The first-order valence-electron chi connectivity index (χ1n) is 9.32. The minimum absolute atomic E-state index is 0.0324.